The number of hydrogen-bond donors (Lipinski definition) is 2. The number of aromatic amines is 1. The van der Waals surface area contributed by atoms with Crippen LogP contribution in [0.3, 0.4) is 0 Å². The van der Waals surface area contributed by atoms with Crippen LogP contribution in [0.15, 0.2) is 29.3 Å². The number of anilines is 1. The number of hydrogen-bond acceptors (Lipinski definition) is 4. The average molecular weight is 256 g/mol. The first-order chi connectivity index (χ1) is 9.22. The Morgan fingerprint density at radius 3 is 3.05 bits per heavy atom. The number of H-pyrrole nitrogens is 1. The standard InChI is InChI=1S/C14H16N4O/c1-9-4-5-15-7-11(9)8-16-12-6-13(19)18-14(17-12)10-2-3-10/h4-7,10H,2-3,8H2,1H3,(H2,16,17,18,19). The van der Waals surface area contributed by atoms with Crippen molar-refractivity contribution in [2.75, 3.05) is 5.32 Å². The topological polar surface area (TPSA) is 70.7 Å². The van der Waals surface area contributed by atoms with E-state index >= 15 is 0 Å². The van der Waals surface area contributed by atoms with Gasteiger partial charge in [-0.25, -0.2) is 4.98 Å². The second-order valence-corrected chi connectivity index (χ2v) is 4.95. The fourth-order valence-electron chi connectivity index (χ4n) is 1.98. The van der Waals surface area contributed by atoms with Crippen molar-refractivity contribution in [1.29, 1.82) is 0 Å². The summed E-state index contributed by atoms with van der Waals surface area (Å²) < 4.78 is 0. The van der Waals surface area contributed by atoms with Gasteiger partial charge in [0, 0.05) is 30.9 Å². The highest BCUT2D eigenvalue weighted by molar-refractivity contribution is 5.36. The highest BCUT2D eigenvalue weighted by Gasteiger charge is 2.26. The molecule has 0 spiro atoms. The van der Waals surface area contributed by atoms with E-state index in [1.165, 1.54) is 11.6 Å². The third kappa shape index (κ3) is 2.81. The molecule has 0 bridgehead atoms. The van der Waals surface area contributed by atoms with E-state index < -0.39 is 0 Å². The summed E-state index contributed by atoms with van der Waals surface area (Å²) in [5.74, 6) is 1.88. The molecule has 2 heterocycles. The van der Waals surface area contributed by atoms with Gasteiger partial charge in [-0.1, -0.05) is 0 Å². The Balaban J connectivity index is 1.76. The lowest BCUT2D eigenvalue weighted by Crippen LogP contribution is -2.13. The SMILES string of the molecule is Cc1ccncc1CNc1cc(=O)[nH]c(C2CC2)n1. The molecule has 0 unspecified atom stereocenters. The van der Waals surface area contributed by atoms with Gasteiger partial charge in [-0.05, 0) is 37.0 Å². The molecule has 1 aliphatic rings. The third-order valence-corrected chi connectivity index (χ3v) is 3.33. The fourth-order valence-corrected chi connectivity index (χ4v) is 1.98. The van der Waals surface area contributed by atoms with Crippen molar-refractivity contribution in [2.24, 2.45) is 0 Å². The van der Waals surface area contributed by atoms with E-state index in [0.717, 1.165) is 24.2 Å². The molecule has 1 fully saturated rings. The Morgan fingerprint density at radius 1 is 1.47 bits per heavy atom. The lowest BCUT2D eigenvalue weighted by atomic mass is 10.1. The number of aromatic nitrogens is 3. The van der Waals surface area contributed by atoms with Crippen LogP contribution in [0, 0.1) is 6.92 Å². The largest absolute Gasteiger partial charge is 0.366 e. The van der Waals surface area contributed by atoms with E-state index in [0.29, 0.717) is 18.3 Å². The van der Waals surface area contributed by atoms with Crippen LogP contribution in [-0.2, 0) is 6.54 Å². The molecule has 5 nitrogen and oxygen atoms in total. The summed E-state index contributed by atoms with van der Waals surface area (Å²) >= 11 is 0. The summed E-state index contributed by atoms with van der Waals surface area (Å²) in [4.78, 5) is 22.9. The molecule has 0 aliphatic heterocycles. The summed E-state index contributed by atoms with van der Waals surface area (Å²) in [6.07, 6.45) is 5.84. The quantitative estimate of drug-likeness (QED) is 0.877. The van der Waals surface area contributed by atoms with Crippen molar-refractivity contribution in [2.45, 2.75) is 32.2 Å². The van der Waals surface area contributed by atoms with Crippen LogP contribution in [0.1, 0.15) is 35.7 Å². The Kier molecular flexibility index (Phi) is 3.03. The Bertz CT molecular complexity index is 646. The van der Waals surface area contributed by atoms with Crippen LogP contribution in [0.2, 0.25) is 0 Å². The number of nitrogens with zero attached hydrogens (tertiary/aromatic N) is 2. The monoisotopic (exact) mass is 256 g/mol. The van der Waals surface area contributed by atoms with Gasteiger partial charge < -0.3 is 10.3 Å². The highest BCUT2D eigenvalue weighted by Crippen LogP contribution is 2.37. The third-order valence-electron chi connectivity index (χ3n) is 3.33. The normalized spacial score (nSPS) is 14.4. The van der Waals surface area contributed by atoms with Gasteiger partial charge in [0.1, 0.15) is 11.6 Å². The van der Waals surface area contributed by atoms with Gasteiger partial charge in [0.05, 0.1) is 0 Å². The molecule has 0 atom stereocenters. The van der Waals surface area contributed by atoms with E-state index in [1.807, 2.05) is 19.2 Å². The van der Waals surface area contributed by atoms with Gasteiger partial charge in [-0.3, -0.25) is 9.78 Å². The van der Waals surface area contributed by atoms with Crippen molar-refractivity contribution in [3.8, 4) is 0 Å². The molecule has 0 aromatic carbocycles. The minimum absolute atomic E-state index is 0.0951. The van der Waals surface area contributed by atoms with E-state index in [9.17, 15) is 4.79 Å². The van der Waals surface area contributed by atoms with E-state index in [4.69, 9.17) is 0 Å². The minimum Gasteiger partial charge on any atom is -0.366 e. The van der Waals surface area contributed by atoms with Crippen molar-refractivity contribution < 1.29 is 0 Å². The minimum atomic E-state index is -0.0951. The molecule has 98 valence electrons. The number of pyridine rings is 1. The Hall–Kier alpha value is -2.17. The fraction of sp³-hybridized carbons (Fsp3) is 0.357. The smallest absolute Gasteiger partial charge is 0.252 e. The van der Waals surface area contributed by atoms with Gasteiger partial charge in [0.25, 0.3) is 5.56 Å². The maximum atomic E-state index is 11.6. The van der Waals surface area contributed by atoms with Gasteiger partial charge >= 0.3 is 0 Å². The molecule has 0 saturated heterocycles. The maximum Gasteiger partial charge on any atom is 0.252 e. The van der Waals surface area contributed by atoms with E-state index in [-0.39, 0.29) is 5.56 Å². The Morgan fingerprint density at radius 2 is 2.32 bits per heavy atom. The van der Waals surface area contributed by atoms with Gasteiger partial charge in [-0.15, -0.1) is 0 Å². The average Bonchev–Trinajstić information content (AvgIpc) is 3.21. The molecular weight excluding hydrogens is 240 g/mol. The van der Waals surface area contributed by atoms with Crippen LogP contribution in [0.5, 0.6) is 0 Å². The van der Waals surface area contributed by atoms with Crippen molar-refractivity contribution in [1.82, 2.24) is 15.0 Å². The summed E-state index contributed by atoms with van der Waals surface area (Å²) in [7, 11) is 0. The van der Waals surface area contributed by atoms with Crippen molar-refractivity contribution in [3.05, 3.63) is 51.8 Å². The van der Waals surface area contributed by atoms with Crippen LogP contribution in [0.25, 0.3) is 0 Å². The number of rotatable bonds is 4. The zero-order chi connectivity index (χ0) is 13.2. The zero-order valence-electron chi connectivity index (χ0n) is 10.8. The molecule has 2 aromatic heterocycles. The van der Waals surface area contributed by atoms with E-state index in [1.54, 1.807) is 6.20 Å². The van der Waals surface area contributed by atoms with E-state index in [2.05, 4.69) is 20.3 Å². The van der Waals surface area contributed by atoms with Crippen LogP contribution in [-0.4, -0.2) is 15.0 Å². The highest BCUT2D eigenvalue weighted by atomic mass is 16.1. The van der Waals surface area contributed by atoms with Crippen molar-refractivity contribution in [3.63, 3.8) is 0 Å². The Labute approximate surface area is 111 Å². The van der Waals surface area contributed by atoms with Crippen LogP contribution < -0.4 is 10.9 Å². The summed E-state index contributed by atoms with van der Waals surface area (Å²) in [6, 6.07) is 3.47. The van der Waals surface area contributed by atoms with Gasteiger partial charge in [-0.2, -0.15) is 0 Å². The van der Waals surface area contributed by atoms with Gasteiger partial charge in [0.2, 0.25) is 0 Å². The number of aryl methyl sites for hydroxylation is 1. The first-order valence-electron chi connectivity index (χ1n) is 6.47. The molecule has 3 rings (SSSR count). The molecule has 0 amide bonds. The first kappa shape index (κ1) is 11.9. The predicted molar refractivity (Wildman–Crippen MR) is 73.1 cm³/mol. The molecule has 1 saturated carbocycles. The zero-order valence-corrected chi connectivity index (χ0v) is 10.8. The molecular formula is C14H16N4O. The lowest BCUT2D eigenvalue weighted by molar-refractivity contribution is 0.902. The summed E-state index contributed by atoms with van der Waals surface area (Å²) in [6.45, 7) is 2.67. The van der Waals surface area contributed by atoms with Crippen LogP contribution >= 0.6 is 0 Å². The second kappa shape index (κ2) is 4.84. The molecule has 2 N–H and O–H groups in total. The second-order valence-electron chi connectivity index (χ2n) is 4.95. The molecule has 0 radical (unpaired) electrons. The van der Waals surface area contributed by atoms with Crippen LogP contribution in [0.4, 0.5) is 5.82 Å². The lowest BCUT2D eigenvalue weighted by Gasteiger charge is -2.08. The summed E-state index contributed by atoms with van der Waals surface area (Å²) in [5.41, 5.74) is 2.19. The molecule has 1 aliphatic carbocycles. The molecule has 5 heteroatoms. The van der Waals surface area contributed by atoms with Gasteiger partial charge in [0.15, 0.2) is 0 Å². The summed E-state index contributed by atoms with van der Waals surface area (Å²) in [5, 5.41) is 3.19. The first-order valence-corrected chi connectivity index (χ1v) is 6.47. The molecule has 2 aromatic rings. The van der Waals surface area contributed by atoms with Crippen molar-refractivity contribution >= 4 is 5.82 Å². The number of nitrogens with one attached hydrogen (secondary N) is 2. The maximum absolute atomic E-state index is 11.6. The molecule has 19 heavy (non-hydrogen) atoms. The predicted octanol–water partition coefficient (Wildman–Crippen LogP) is 1.96.